The van der Waals surface area contributed by atoms with Gasteiger partial charge in [-0.25, -0.2) is 0 Å². The maximum Gasteiger partial charge on any atom is 0.0479 e. The SMILES string of the molecule is Cc1ccccc1N1CCC(CO)C1C. The molecule has 0 bridgehead atoms. The number of aliphatic hydroxyl groups excluding tert-OH is 1. The summed E-state index contributed by atoms with van der Waals surface area (Å²) in [4.78, 5) is 2.41. The van der Waals surface area contributed by atoms with Gasteiger partial charge < -0.3 is 10.0 Å². The fraction of sp³-hybridized carbons (Fsp3) is 0.538. The minimum Gasteiger partial charge on any atom is -0.396 e. The molecule has 1 heterocycles. The van der Waals surface area contributed by atoms with Gasteiger partial charge in [-0.15, -0.1) is 0 Å². The van der Waals surface area contributed by atoms with E-state index in [2.05, 4.69) is 43.0 Å². The lowest BCUT2D eigenvalue weighted by atomic mass is 10.0. The summed E-state index contributed by atoms with van der Waals surface area (Å²) in [5, 5.41) is 9.24. The molecule has 1 fully saturated rings. The first-order valence-corrected chi connectivity index (χ1v) is 5.67. The monoisotopic (exact) mass is 205 g/mol. The molecule has 1 N–H and O–H groups in total. The number of aryl methyl sites for hydroxylation is 1. The Morgan fingerprint density at radius 2 is 2.13 bits per heavy atom. The second-order valence-corrected chi connectivity index (χ2v) is 4.45. The Kier molecular flexibility index (Phi) is 2.96. The predicted octanol–water partition coefficient (Wildman–Crippen LogP) is 2.20. The van der Waals surface area contributed by atoms with Gasteiger partial charge in [0.15, 0.2) is 0 Å². The summed E-state index contributed by atoms with van der Waals surface area (Å²) in [7, 11) is 0. The minimum atomic E-state index is 0.309. The van der Waals surface area contributed by atoms with Crippen LogP contribution in [0.3, 0.4) is 0 Å². The lowest BCUT2D eigenvalue weighted by molar-refractivity contribution is 0.221. The Morgan fingerprint density at radius 1 is 1.40 bits per heavy atom. The molecule has 15 heavy (non-hydrogen) atoms. The van der Waals surface area contributed by atoms with Crippen LogP contribution in [0.5, 0.6) is 0 Å². The lowest BCUT2D eigenvalue weighted by Crippen LogP contribution is -2.31. The highest BCUT2D eigenvalue weighted by atomic mass is 16.3. The highest BCUT2D eigenvalue weighted by Gasteiger charge is 2.30. The Hall–Kier alpha value is -1.02. The van der Waals surface area contributed by atoms with Gasteiger partial charge >= 0.3 is 0 Å². The molecule has 1 aromatic carbocycles. The van der Waals surface area contributed by atoms with Gasteiger partial charge in [0.25, 0.3) is 0 Å². The molecule has 0 aromatic heterocycles. The summed E-state index contributed by atoms with van der Waals surface area (Å²) in [6, 6.07) is 8.93. The largest absolute Gasteiger partial charge is 0.396 e. The summed E-state index contributed by atoms with van der Waals surface area (Å²) >= 11 is 0. The molecular formula is C13H19NO. The van der Waals surface area contributed by atoms with Crippen LogP contribution < -0.4 is 4.90 Å². The summed E-state index contributed by atoms with van der Waals surface area (Å²) in [6.07, 6.45) is 1.10. The summed E-state index contributed by atoms with van der Waals surface area (Å²) < 4.78 is 0. The van der Waals surface area contributed by atoms with E-state index in [1.807, 2.05) is 0 Å². The number of hydrogen-bond donors (Lipinski definition) is 1. The molecular weight excluding hydrogens is 186 g/mol. The van der Waals surface area contributed by atoms with Crippen LogP contribution in [0.2, 0.25) is 0 Å². The zero-order valence-corrected chi connectivity index (χ0v) is 9.48. The Balaban J connectivity index is 2.22. The standard InChI is InChI=1S/C13H19NO/c1-10-5-3-4-6-13(10)14-8-7-12(9-15)11(14)2/h3-6,11-12,15H,7-9H2,1-2H3. The smallest absolute Gasteiger partial charge is 0.0479 e. The highest BCUT2D eigenvalue weighted by Crippen LogP contribution is 2.31. The third-order valence-corrected chi connectivity index (χ3v) is 3.57. The first-order chi connectivity index (χ1) is 7.24. The zero-order chi connectivity index (χ0) is 10.8. The molecule has 82 valence electrons. The molecule has 0 aliphatic carbocycles. The molecule has 2 rings (SSSR count). The van der Waals surface area contributed by atoms with Crippen LogP contribution >= 0.6 is 0 Å². The molecule has 1 aromatic rings. The maximum atomic E-state index is 9.24. The van der Waals surface area contributed by atoms with Crippen molar-refractivity contribution in [3.63, 3.8) is 0 Å². The Labute approximate surface area is 91.5 Å². The van der Waals surface area contributed by atoms with E-state index in [0.29, 0.717) is 18.6 Å². The van der Waals surface area contributed by atoms with Crippen LogP contribution in [0.4, 0.5) is 5.69 Å². The number of benzene rings is 1. The second-order valence-electron chi connectivity index (χ2n) is 4.45. The molecule has 0 amide bonds. The number of rotatable bonds is 2. The summed E-state index contributed by atoms with van der Waals surface area (Å²) in [6.45, 7) is 5.73. The molecule has 2 unspecified atom stereocenters. The van der Waals surface area contributed by atoms with Crippen LogP contribution in [0.1, 0.15) is 18.9 Å². The van der Waals surface area contributed by atoms with Gasteiger partial charge in [-0.3, -0.25) is 0 Å². The topological polar surface area (TPSA) is 23.5 Å². The lowest BCUT2D eigenvalue weighted by Gasteiger charge is -2.27. The van der Waals surface area contributed by atoms with E-state index in [-0.39, 0.29) is 0 Å². The van der Waals surface area contributed by atoms with E-state index in [4.69, 9.17) is 0 Å². The first-order valence-electron chi connectivity index (χ1n) is 5.67. The fourth-order valence-corrected chi connectivity index (χ4v) is 2.47. The molecule has 1 aliphatic heterocycles. The number of para-hydroxylation sites is 1. The van der Waals surface area contributed by atoms with E-state index in [1.165, 1.54) is 11.3 Å². The number of anilines is 1. The molecule has 1 saturated heterocycles. The van der Waals surface area contributed by atoms with Crippen molar-refractivity contribution >= 4 is 5.69 Å². The minimum absolute atomic E-state index is 0.309. The van der Waals surface area contributed by atoms with Crippen molar-refractivity contribution in [1.29, 1.82) is 0 Å². The zero-order valence-electron chi connectivity index (χ0n) is 9.48. The van der Waals surface area contributed by atoms with Gasteiger partial charge in [0.1, 0.15) is 0 Å². The van der Waals surface area contributed by atoms with Crippen molar-refractivity contribution in [1.82, 2.24) is 0 Å². The molecule has 0 spiro atoms. The van der Waals surface area contributed by atoms with Gasteiger partial charge in [0, 0.05) is 30.8 Å². The van der Waals surface area contributed by atoms with E-state index < -0.39 is 0 Å². The van der Waals surface area contributed by atoms with E-state index in [1.54, 1.807) is 0 Å². The van der Waals surface area contributed by atoms with Gasteiger partial charge in [-0.05, 0) is 31.9 Å². The average Bonchev–Trinajstić information content (AvgIpc) is 2.60. The van der Waals surface area contributed by atoms with Crippen LogP contribution in [0.15, 0.2) is 24.3 Å². The van der Waals surface area contributed by atoms with Crippen molar-refractivity contribution in [2.45, 2.75) is 26.3 Å². The van der Waals surface area contributed by atoms with Gasteiger partial charge in [0.2, 0.25) is 0 Å². The van der Waals surface area contributed by atoms with Crippen molar-refractivity contribution in [2.75, 3.05) is 18.1 Å². The Morgan fingerprint density at radius 3 is 2.73 bits per heavy atom. The number of hydrogen-bond acceptors (Lipinski definition) is 2. The molecule has 0 radical (unpaired) electrons. The first kappa shape index (κ1) is 10.5. The van der Waals surface area contributed by atoms with Crippen molar-refractivity contribution in [3.8, 4) is 0 Å². The number of aliphatic hydroxyl groups is 1. The maximum absolute atomic E-state index is 9.24. The molecule has 0 saturated carbocycles. The third kappa shape index (κ3) is 1.86. The molecule has 1 aliphatic rings. The van der Waals surface area contributed by atoms with Gasteiger partial charge in [-0.2, -0.15) is 0 Å². The van der Waals surface area contributed by atoms with Crippen molar-refractivity contribution in [2.24, 2.45) is 5.92 Å². The number of nitrogens with zero attached hydrogens (tertiary/aromatic N) is 1. The third-order valence-electron chi connectivity index (χ3n) is 3.57. The fourth-order valence-electron chi connectivity index (χ4n) is 2.47. The molecule has 2 heteroatoms. The van der Waals surface area contributed by atoms with Gasteiger partial charge in [0.05, 0.1) is 0 Å². The second kappa shape index (κ2) is 4.23. The van der Waals surface area contributed by atoms with Crippen molar-refractivity contribution < 1.29 is 5.11 Å². The van der Waals surface area contributed by atoms with Crippen molar-refractivity contribution in [3.05, 3.63) is 29.8 Å². The highest BCUT2D eigenvalue weighted by molar-refractivity contribution is 5.54. The molecule has 2 nitrogen and oxygen atoms in total. The van der Waals surface area contributed by atoms with Crippen LogP contribution in [-0.4, -0.2) is 24.3 Å². The van der Waals surface area contributed by atoms with Crippen LogP contribution in [0, 0.1) is 12.8 Å². The van der Waals surface area contributed by atoms with E-state index in [0.717, 1.165) is 13.0 Å². The average molecular weight is 205 g/mol. The van der Waals surface area contributed by atoms with E-state index >= 15 is 0 Å². The summed E-state index contributed by atoms with van der Waals surface area (Å²) in [5.41, 5.74) is 2.64. The van der Waals surface area contributed by atoms with Gasteiger partial charge in [-0.1, -0.05) is 18.2 Å². The normalized spacial score (nSPS) is 25.9. The van der Waals surface area contributed by atoms with Crippen LogP contribution in [0.25, 0.3) is 0 Å². The van der Waals surface area contributed by atoms with Crippen LogP contribution in [-0.2, 0) is 0 Å². The Bertz CT molecular complexity index is 337. The quantitative estimate of drug-likeness (QED) is 0.800. The predicted molar refractivity (Wildman–Crippen MR) is 63.2 cm³/mol. The summed E-state index contributed by atoms with van der Waals surface area (Å²) in [5.74, 6) is 0.435. The molecule has 2 atom stereocenters. The van der Waals surface area contributed by atoms with E-state index in [9.17, 15) is 5.11 Å².